The molecule has 1 amide bonds. The summed E-state index contributed by atoms with van der Waals surface area (Å²) in [6.45, 7) is 5.19. The molecule has 1 fully saturated rings. The van der Waals surface area contributed by atoms with Crippen LogP contribution in [0.5, 0.6) is 0 Å². The number of benzene rings is 1. The zero-order valence-corrected chi connectivity index (χ0v) is 16.2. The molecule has 28 heavy (non-hydrogen) atoms. The molecule has 2 heterocycles. The molecule has 0 unspecified atom stereocenters. The van der Waals surface area contributed by atoms with E-state index in [-0.39, 0.29) is 11.9 Å². The molecule has 0 radical (unpaired) electrons. The molecule has 1 saturated heterocycles. The second-order valence-electron chi connectivity index (χ2n) is 7.00. The number of hydrogen-bond donors (Lipinski definition) is 3. The number of anilines is 4. The summed E-state index contributed by atoms with van der Waals surface area (Å²) >= 11 is 0. The molecule has 8 heteroatoms. The summed E-state index contributed by atoms with van der Waals surface area (Å²) in [5.74, 6) is 1.29. The van der Waals surface area contributed by atoms with Crippen molar-refractivity contribution in [1.82, 2.24) is 15.3 Å². The average Bonchev–Trinajstić information content (AvgIpc) is 3.09. The number of aromatic nitrogens is 2. The van der Waals surface area contributed by atoms with Gasteiger partial charge in [0.25, 0.3) is 0 Å². The van der Waals surface area contributed by atoms with Crippen LogP contribution in [0.2, 0.25) is 0 Å². The SMILES string of the molecule is CCCc1cc(N2CC[C@H](NC(C)=O)C2)nc(Nc2cc(N)cc(C#N)c2)n1. The van der Waals surface area contributed by atoms with Gasteiger partial charge in [-0.15, -0.1) is 0 Å². The van der Waals surface area contributed by atoms with Crippen molar-refractivity contribution >= 4 is 29.0 Å². The van der Waals surface area contributed by atoms with E-state index in [4.69, 9.17) is 11.0 Å². The van der Waals surface area contributed by atoms with Gasteiger partial charge in [-0.2, -0.15) is 10.2 Å². The smallest absolute Gasteiger partial charge is 0.229 e. The molecule has 1 aliphatic rings. The first-order valence-corrected chi connectivity index (χ1v) is 9.44. The highest BCUT2D eigenvalue weighted by Gasteiger charge is 2.24. The summed E-state index contributed by atoms with van der Waals surface area (Å²) in [4.78, 5) is 22.7. The molecule has 1 atom stereocenters. The van der Waals surface area contributed by atoms with Gasteiger partial charge in [0.05, 0.1) is 11.6 Å². The lowest BCUT2D eigenvalue weighted by atomic mass is 10.2. The first kappa shape index (κ1) is 19.4. The highest BCUT2D eigenvalue weighted by Crippen LogP contribution is 2.24. The number of nitriles is 1. The highest BCUT2D eigenvalue weighted by molar-refractivity contribution is 5.73. The Kier molecular flexibility index (Phi) is 5.94. The predicted molar refractivity (Wildman–Crippen MR) is 109 cm³/mol. The lowest BCUT2D eigenvalue weighted by Gasteiger charge is -2.19. The molecule has 3 rings (SSSR count). The van der Waals surface area contributed by atoms with E-state index in [1.807, 2.05) is 6.07 Å². The number of hydrogen-bond acceptors (Lipinski definition) is 7. The van der Waals surface area contributed by atoms with Crippen LogP contribution in [0.15, 0.2) is 24.3 Å². The molecule has 0 aliphatic carbocycles. The molecule has 0 saturated carbocycles. The second-order valence-corrected chi connectivity index (χ2v) is 7.00. The van der Waals surface area contributed by atoms with Crippen LogP contribution in [0.3, 0.4) is 0 Å². The predicted octanol–water partition coefficient (Wildman–Crippen LogP) is 2.34. The summed E-state index contributed by atoms with van der Waals surface area (Å²) in [6, 6.07) is 9.32. The number of nitrogens with one attached hydrogen (secondary N) is 2. The van der Waals surface area contributed by atoms with E-state index >= 15 is 0 Å². The number of nitrogens with zero attached hydrogens (tertiary/aromatic N) is 4. The van der Waals surface area contributed by atoms with Crippen LogP contribution < -0.4 is 21.3 Å². The summed E-state index contributed by atoms with van der Waals surface area (Å²) in [5, 5.41) is 15.3. The van der Waals surface area contributed by atoms with E-state index in [1.165, 1.54) is 6.92 Å². The molecule has 2 aromatic rings. The molecule has 146 valence electrons. The van der Waals surface area contributed by atoms with Crippen LogP contribution >= 0.6 is 0 Å². The third-order valence-electron chi connectivity index (χ3n) is 4.53. The van der Waals surface area contributed by atoms with Crippen LogP contribution in [0.4, 0.5) is 23.1 Å². The summed E-state index contributed by atoms with van der Waals surface area (Å²) in [7, 11) is 0. The quantitative estimate of drug-likeness (QED) is 0.659. The lowest BCUT2D eigenvalue weighted by Crippen LogP contribution is -2.35. The van der Waals surface area contributed by atoms with Crippen LogP contribution in [-0.4, -0.2) is 35.0 Å². The van der Waals surface area contributed by atoms with Gasteiger partial charge in [-0.1, -0.05) is 13.3 Å². The zero-order chi connectivity index (χ0) is 20.1. The molecule has 1 aromatic carbocycles. The topological polar surface area (TPSA) is 120 Å². The van der Waals surface area contributed by atoms with E-state index in [2.05, 4.69) is 38.5 Å². The number of carbonyl (C=O) groups excluding carboxylic acids is 1. The van der Waals surface area contributed by atoms with Crippen LogP contribution in [-0.2, 0) is 11.2 Å². The van der Waals surface area contributed by atoms with Crippen molar-refractivity contribution in [3.8, 4) is 6.07 Å². The third-order valence-corrected chi connectivity index (χ3v) is 4.53. The zero-order valence-electron chi connectivity index (χ0n) is 16.2. The fraction of sp³-hybridized carbons (Fsp3) is 0.400. The Morgan fingerprint density at radius 3 is 2.89 bits per heavy atom. The molecular weight excluding hydrogens is 354 g/mol. The van der Waals surface area contributed by atoms with Crippen LogP contribution in [0.25, 0.3) is 0 Å². The van der Waals surface area contributed by atoms with Gasteiger partial charge < -0.3 is 21.3 Å². The van der Waals surface area contributed by atoms with Gasteiger partial charge in [-0.25, -0.2) is 4.98 Å². The second kappa shape index (κ2) is 8.57. The van der Waals surface area contributed by atoms with Gasteiger partial charge in [0.1, 0.15) is 5.82 Å². The maximum absolute atomic E-state index is 11.3. The molecule has 0 bridgehead atoms. The van der Waals surface area contributed by atoms with Gasteiger partial charge in [0.2, 0.25) is 11.9 Å². The Balaban J connectivity index is 1.85. The maximum atomic E-state index is 11.3. The molecule has 8 nitrogen and oxygen atoms in total. The normalized spacial score (nSPS) is 15.9. The van der Waals surface area contributed by atoms with Crippen molar-refractivity contribution < 1.29 is 4.79 Å². The fourth-order valence-corrected chi connectivity index (χ4v) is 3.38. The largest absolute Gasteiger partial charge is 0.399 e. The molecular formula is C20H25N7O. The number of carbonyl (C=O) groups is 1. The van der Waals surface area contributed by atoms with E-state index < -0.39 is 0 Å². The first-order valence-electron chi connectivity index (χ1n) is 9.44. The van der Waals surface area contributed by atoms with Gasteiger partial charge >= 0.3 is 0 Å². The summed E-state index contributed by atoms with van der Waals surface area (Å²) < 4.78 is 0. The van der Waals surface area contributed by atoms with Crippen molar-refractivity contribution in [1.29, 1.82) is 5.26 Å². The summed E-state index contributed by atoms with van der Waals surface area (Å²) in [6.07, 6.45) is 2.70. The van der Waals surface area contributed by atoms with Gasteiger partial charge in [0.15, 0.2) is 0 Å². The third kappa shape index (κ3) is 4.88. The minimum atomic E-state index is -0.0153. The number of amides is 1. The van der Waals surface area contributed by atoms with Gasteiger partial charge in [0, 0.05) is 49.2 Å². The van der Waals surface area contributed by atoms with Crippen molar-refractivity contribution in [2.75, 3.05) is 29.0 Å². The molecule has 1 aliphatic heterocycles. The number of rotatable bonds is 6. The Morgan fingerprint density at radius 2 is 2.18 bits per heavy atom. The van der Waals surface area contributed by atoms with Crippen LogP contribution in [0, 0.1) is 11.3 Å². The lowest BCUT2D eigenvalue weighted by molar-refractivity contribution is -0.119. The first-order chi connectivity index (χ1) is 13.5. The Labute approximate surface area is 164 Å². The number of aryl methyl sites for hydroxylation is 1. The van der Waals surface area contributed by atoms with Crippen LogP contribution in [0.1, 0.15) is 37.9 Å². The Morgan fingerprint density at radius 1 is 1.36 bits per heavy atom. The number of nitrogens with two attached hydrogens (primary N) is 1. The van der Waals surface area contributed by atoms with Crippen molar-refractivity contribution in [2.24, 2.45) is 0 Å². The molecule has 0 spiro atoms. The van der Waals surface area contributed by atoms with Crippen molar-refractivity contribution in [3.63, 3.8) is 0 Å². The standard InChI is InChI=1S/C20H25N7O/c1-3-4-16-10-19(27-6-5-17(12-27)23-13(2)28)26-20(24-16)25-18-8-14(11-21)7-15(22)9-18/h7-10,17H,3-6,12,22H2,1-2H3,(H,23,28)(H,24,25,26)/t17-/m0/s1. The van der Waals surface area contributed by atoms with Crippen molar-refractivity contribution in [3.05, 3.63) is 35.5 Å². The minimum Gasteiger partial charge on any atom is -0.399 e. The number of nitrogen functional groups attached to an aromatic ring is 1. The van der Waals surface area contributed by atoms with Crippen molar-refractivity contribution in [2.45, 2.75) is 39.2 Å². The molecule has 4 N–H and O–H groups in total. The van der Waals surface area contributed by atoms with E-state index in [0.717, 1.165) is 43.9 Å². The van der Waals surface area contributed by atoms with E-state index in [0.29, 0.717) is 22.9 Å². The summed E-state index contributed by atoms with van der Waals surface area (Å²) in [5.41, 5.74) is 8.48. The average molecular weight is 379 g/mol. The van der Waals surface area contributed by atoms with Gasteiger partial charge in [-0.05, 0) is 31.0 Å². The van der Waals surface area contributed by atoms with E-state index in [1.54, 1.807) is 18.2 Å². The Bertz CT molecular complexity index is 906. The fourth-order valence-electron chi connectivity index (χ4n) is 3.38. The minimum absolute atomic E-state index is 0.0153. The highest BCUT2D eigenvalue weighted by atomic mass is 16.1. The molecule has 1 aromatic heterocycles. The van der Waals surface area contributed by atoms with Gasteiger partial charge in [-0.3, -0.25) is 4.79 Å². The Hall–Kier alpha value is -3.34. The van der Waals surface area contributed by atoms with E-state index in [9.17, 15) is 4.79 Å². The maximum Gasteiger partial charge on any atom is 0.229 e. The monoisotopic (exact) mass is 379 g/mol.